The molecule has 2 aromatic carbocycles. The maximum atomic E-state index is 12.6. The van der Waals surface area contributed by atoms with Crippen LogP contribution in [-0.4, -0.2) is 30.9 Å². The summed E-state index contributed by atoms with van der Waals surface area (Å²) in [5, 5.41) is 2.78. The fraction of sp³-hybridized carbons (Fsp3) is 0.346. The monoisotopic (exact) mass is 496 g/mol. The lowest BCUT2D eigenvalue weighted by atomic mass is 9.87. The molecule has 3 aromatic rings. The predicted octanol–water partition coefficient (Wildman–Crippen LogP) is 4.99. The summed E-state index contributed by atoms with van der Waals surface area (Å²) in [7, 11) is -3.82. The number of hydrogen-bond acceptors (Lipinski definition) is 6. The smallest absolute Gasteiger partial charge is 0.263 e. The number of rotatable bonds is 9. The normalized spacial score (nSPS) is 11.7. The first-order valence-corrected chi connectivity index (χ1v) is 12.9. The van der Waals surface area contributed by atoms with Crippen molar-refractivity contribution in [3.05, 3.63) is 71.7 Å². The third-order valence-corrected chi connectivity index (χ3v) is 6.56. The van der Waals surface area contributed by atoms with Crippen LogP contribution in [0.25, 0.3) is 0 Å². The quantitative estimate of drug-likeness (QED) is 0.404. The van der Waals surface area contributed by atoms with Gasteiger partial charge in [0.1, 0.15) is 17.4 Å². The Balaban J connectivity index is 1.47. The lowest BCUT2D eigenvalue weighted by Crippen LogP contribution is -2.15. The molecule has 1 heterocycles. The van der Waals surface area contributed by atoms with E-state index in [0.29, 0.717) is 30.2 Å². The van der Waals surface area contributed by atoms with Crippen LogP contribution in [0, 0.1) is 13.8 Å². The van der Waals surface area contributed by atoms with E-state index in [1.165, 1.54) is 17.7 Å². The Morgan fingerprint density at radius 3 is 2.23 bits per heavy atom. The molecule has 3 rings (SSSR count). The number of aromatic nitrogens is 2. The van der Waals surface area contributed by atoms with E-state index in [1.54, 1.807) is 32.0 Å². The summed E-state index contributed by atoms with van der Waals surface area (Å²) in [4.78, 5) is 20.6. The van der Waals surface area contributed by atoms with Crippen molar-refractivity contribution in [1.29, 1.82) is 0 Å². The lowest BCUT2D eigenvalue weighted by molar-refractivity contribution is -0.116. The number of aryl methyl sites for hydroxylation is 2. The van der Waals surface area contributed by atoms with E-state index in [1.807, 2.05) is 12.1 Å². The number of carbonyl (C=O) groups excluding carboxylic acids is 1. The molecule has 186 valence electrons. The van der Waals surface area contributed by atoms with Gasteiger partial charge in [-0.05, 0) is 67.6 Å². The minimum atomic E-state index is -3.82. The van der Waals surface area contributed by atoms with Crippen molar-refractivity contribution in [3.63, 3.8) is 0 Å². The van der Waals surface area contributed by atoms with E-state index in [-0.39, 0.29) is 28.5 Å². The summed E-state index contributed by atoms with van der Waals surface area (Å²) in [6.45, 7) is 10.4. The Hall–Kier alpha value is -3.46. The van der Waals surface area contributed by atoms with Gasteiger partial charge in [-0.2, -0.15) is 0 Å². The van der Waals surface area contributed by atoms with E-state index < -0.39 is 10.0 Å². The first-order chi connectivity index (χ1) is 16.4. The van der Waals surface area contributed by atoms with Gasteiger partial charge in [0, 0.05) is 23.9 Å². The molecule has 8 nitrogen and oxygen atoms in total. The first-order valence-electron chi connectivity index (χ1n) is 11.4. The maximum Gasteiger partial charge on any atom is 0.263 e. The average Bonchev–Trinajstić information content (AvgIpc) is 2.76. The summed E-state index contributed by atoms with van der Waals surface area (Å²) in [5.41, 5.74) is 2.50. The van der Waals surface area contributed by atoms with Crippen molar-refractivity contribution in [1.82, 2.24) is 9.97 Å². The van der Waals surface area contributed by atoms with Crippen LogP contribution in [0.5, 0.6) is 5.75 Å². The van der Waals surface area contributed by atoms with Gasteiger partial charge >= 0.3 is 0 Å². The summed E-state index contributed by atoms with van der Waals surface area (Å²) in [6, 6.07) is 15.5. The van der Waals surface area contributed by atoms with Crippen LogP contribution < -0.4 is 14.8 Å². The van der Waals surface area contributed by atoms with Gasteiger partial charge in [-0.1, -0.05) is 32.9 Å². The molecule has 0 atom stereocenters. The second-order valence-corrected chi connectivity index (χ2v) is 11.0. The van der Waals surface area contributed by atoms with Crippen LogP contribution in [0.1, 0.15) is 50.7 Å². The minimum Gasteiger partial charge on any atom is -0.494 e. The van der Waals surface area contributed by atoms with Crippen molar-refractivity contribution >= 4 is 27.4 Å². The number of amides is 1. The summed E-state index contributed by atoms with van der Waals surface area (Å²) in [5.74, 6) is 1.29. The second kappa shape index (κ2) is 10.9. The molecule has 0 aliphatic heterocycles. The van der Waals surface area contributed by atoms with E-state index in [2.05, 4.69) is 52.9 Å². The standard InChI is InChI=1S/C26H32N4O4S/c1-18-17-24(28-19(2)27-18)30-35(32,33)23-14-10-21(11-15-23)29-25(31)7-6-16-34-22-12-8-20(9-13-22)26(3,4)5/h8-15,17H,6-7,16H2,1-5H3,(H,29,31)(H,27,28,30). The molecule has 1 aromatic heterocycles. The van der Waals surface area contributed by atoms with Crippen LogP contribution in [-0.2, 0) is 20.2 Å². The summed E-state index contributed by atoms with van der Waals surface area (Å²) >= 11 is 0. The number of nitrogens with one attached hydrogen (secondary N) is 2. The first kappa shape index (κ1) is 26.2. The molecular weight excluding hydrogens is 464 g/mol. The maximum absolute atomic E-state index is 12.6. The van der Waals surface area contributed by atoms with Gasteiger partial charge in [0.25, 0.3) is 10.0 Å². The Bertz CT molecular complexity index is 1250. The van der Waals surface area contributed by atoms with Crippen molar-refractivity contribution in [2.75, 3.05) is 16.6 Å². The topological polar surface area (TPSA) is 110 Å². The number of nitrogens with zero attached hydrogens (tertiary/aromatic N) is 2. The Kier molecular flexibility index (Phi) is 8.11. The van der Waals surface area contributed by atoms with Gasteiger partial charge in [0.15, 0.2) is 0 Å². The highest BCUT2D eigenvalue weighted by Crippen LogP contribution is 2.24. The van der Waals surface area contributed by atoms with Crippen molar-refractivity contribution in [2.24, 2.45) is 0 Å². The van der Waals surface area contributed by atoms with Crippen LogP contribution in [0.3, 0.4) is 0 Å². The molecule has 0 unspecified atom stereocenters. The fourth-order valence-electron chi connectivity index (χ4n) is 3.38. The van der Waals surface area contributed by atoms with Crippen LogP contribution in [0.15, 0.2) is 59.5 Å². The van der Waals surface area contributed by atoms with E-state index >= 15 is 0 Å². The summed E-state index contributed by atoms with van der Waals surface area (Å²) < 4.78 is 33.5. The Labute approximate surface area is 207 Å². The molecule has 0 radical (unpaired) electrons. The number of ether oxygens (including phenoxy) is 1. The Morgan fingerprint density at radius 2 is 1.63 bits per heavy atom. The molecule has 35 heavy (non-hydrogen) atoms. The number of sulfonamides is 1. The number of carbonyl (C=O) groups is 1. The third kappa shape index (κ3) is 7.78. The zero-order valence-corrected chi connectivity index (χ0v) is 21.6. The van der Waals surface area contributed by atoms with Gasteiger partial charge in [-0.25, -0.2) is 18.4 Å². The van der Waals surface area contributed by atoms with Gasteiger partial charge in [0.05, 0.1) is 11.5 Å². The molecule has 0 saturated carbocycles. The van der Waals surface area contributed by atoms with E-state index in [9.17, 15) is 13.2 Å². The van der Waals surface area contributed by atoms with E-state index in [0.717, 1.165) is 5.75 Å². The number of hydrogen-bond donors (Lipinski definition) is 2. The Morgan fingerprint density at radius 1 is 0.971 bits per heavy atom. The highest BCUT2D eigenvalue weighted by atomic mass is 32.2. The molecule has 9 heteroatoms. The van der Waals surface area contributed by atoms with Gasteiger partial charge in [0.2, 0.25) is 5.91 Å². The minimum absolute atomic E-state index is 0.0651. The molecule has 2 N–H and O–H groups in total. The molecule has 0 saturated heterocycles. The SMILES string of the molecule is Cc1cc(NS(=O)(=O)c2ccc(NC(=O)CCCOc3ccc(C(C)(C)C)cc3)cc2)nc(C)n1. The molecule has 0 aliphatic rings. The average molecular weight is 497 g/mol. The molecule has 1 amide bonds. The van der Waals surface area contributed by atoms with Crippen LogP contribution in [0.2, 0.25) is 0 Å². The fourth-order valence-corrected chi connectivity index (χ4v) is 4.37. The largest absolute Gasteiger partial charge is 0.494 e. The predicted molar refractivity (Wildman–Crippen MR) is 137 cm³/mol. The van der Waals surface area contributed by atoms with Crippen molar-refractivity contribution in [3.8, 4) is 5.75 Å². The zero-order valence-electron chi connectivity index (χ0n) is 20.8. The van der Waals surface area contributed by atoms with Crippen LogP contribution in [0.4, 0.5) is 11.5 Å². The third-order valence-electron chi connectivity index (χ3n) is 5.19. The number of anilines is 2. The van der Waals surface area contributed by atoms with Gasteiger partial charge in [-0.15, -0.1) is 0 Å². The molecular formula is C26H32N4O4S. The van der Waals surface area contributed by atoms with Gasteiger partial charge < -0.3 is 10.1 Å². The molecule has 0 bridgehead atoms. The molecule has 0 spiro atoms. The molecule has 0 fully saturated rings. The zero-order chi connectivity index (χ0) is 25.6. The second-order valence-electron chi connectivity index (χ2n) is 9.35. The van der Waals surface area contributed by atoms with Crippen molar-refractivity contribution < 1.29 is 17.9 Å². The lowest BCUT2D eigenvalue weighted by Gasteiger charge is -2.19. The highest BCUT2D eigenvalue weighted by molar-refractivity contribution is 7.92. The van der Waals surface area contributed by atoms with Gasteiger partial charge in [-0.3, -0.25) is 9.52 Å². The molecule has 0 aliphatic carbocycles. The van der Waals surface area contributed by atoms with E-state index in [4.69, 9.17) is 4.74 Å². The highest BCUT2D eigenvalue weighted by Gasteiger charge is 2.16. The summed E-state index contributed by atoms with van der Waals surface area (Å²) in [6.07, 6.45) is 0.842. The van der Waals surface area contributed by atoms with Crippen molar-refractivity contribution in [2.45, 2.75) is 57.8 Å². The number of benzene rings is 2. The van der Waals surface area contributed by atoms with Crippen LogP contribution >= 0.6 is 0 Å².